The number of carbonyl (C=O) groups is 2. The van der Waals surface area contributed by atoms with E-state index in [2.05, 4.69) is 15.5 Å². The Morgan fingerprint density at radius 1 is 1.24 bits per heavy atom. The van der Waals surface area contributed by atoms with Gasteiger partial charge in [0.1, 0.15) is 5.41 Å². The highest BCUT2D eigenvalue weighted by Crippen LogP contribution is 2.24. The average molecular weight is 368 g/mol. The van der Waals surface area contributed by atoms with Crippen LogP contribution in [0.15, 0.2) is 18.2 Å². The quantitative estimate of drug-likeness (QED) is 0.755. The lowest BCUT2D eigenvalue weighted by Gasteiger charge is -2.28. The number of hydrogen-bond donors (Lipinski definition) is 2. The van der Waals surface area contributed by atoms with Crippen LogP contribution in [-0.2, 0) is 14.3 Å². The van der Waals surface area contributed by atoms with Crippen molar-refractivity contribution in [2.24, 2.45) is 5.41 Å². The molecule has 1 heterocycles. The Morgan fingerprint density at radius 3 is 2.60 bits per heavy atom. The molecule has 2 rings (SSSR count). The van der Waals surface area contributed by atoms with Gasteiger partial charge in [-0.1, -0.05) is 17.7 Å². The minimum absolute atomic E-state index is 0.294. The third kappa shape index (κ3) is 5.42. The minimum Gasteiger partial charge on any atom is -0.379 e. The van der Waals surface area contributed by atoms with E-state index in [1.165, 1.54) is 0 Å². The fraction of sp³-hybridized carbons (Fsp3) is 0.556. The molecule has 1 aliphatic heterocycles. The van der Waals surface area contributed by atoms with Crippen molar-refractivity contribution >= 4 is 29.1 Å². The molecule has 7 heteroatoms. The topological polar surface area (TPSA) is 70.7 Å². The molecule has 1 aromatic carbocycles. The number of amides is 2. The molecule has 0 radical (unpaired) electrons. The van der Waals surface area contributed by atoms with Crippen LogP contribution in [0.4, 0.5) is 5.69 Å². The van der Waals surface area contributed by atoms with Crippen molar-refractivity contribution in [3.63, 3.8) is 0 Å². The second-order valence-corrected chi connectivity index (χ2v) is 7.18. The molecule has 138 valence electrons. The summed E-state index contributed by atoms with van der Waals surface area (Å²) in [4.78, 5) is 27.2. The van der Waals surface area contributed by atoms with E-state index in [9.17, 15) is 9.59 Å². The number of aryl methyl sites for hydroxylation is 1. The van der Waals surface area contributed by atoms with Crippen LogP contribution >= 0.6 is 11.6 Å². The lowest BCUT2D eigenvalue weighted by Crippen LogP contribution is -2.48. The summed E-state index contributed by atoms with van der Waals surface area (Å²) in [5, 5.41) is 6.19. The van der Waals surface area contributed by atoms with Gasteiger partial charge in [0.05, 0.1) is 13.2 Å². The monoisotopic (exact) mass is 367 g/mol. The van der Waals surface area contributed by atoms with E-state index in [4.69, 9.17) is 16.3 Å². The molecule has 1 saturated heterocycles. The maximum Gasteiger partial charge on any atom is 0.239 e. The summed E-state index contributed by atoms with van der Waals surface area (Å²) in [7, 11) is 0. The van der Waals surface area contributed by atoms with Gasteiger partial charge in [0, 0.05) is 36.9 Å². The first-order valence-electron chi connectivity index (χ1n) is 8.46. The summed E-state index contributed by atoms with van der Waals surface area (Å²) >= 11 is 5.98. The number of ether oxygens (including phenoxy) is 1. The predicted octanol–water partition coefficient (Wildman–Crippen LogP) is 2.06. The van der Waals surface area contributed by atoms with Crippen LogP contribution in [0.3, 0.4) is 0 Å². The number of morpholine rings is 1. The average Bonchev–Trinajstić information content (AvgIpc) is 2.58. The van der Waals surface area contributed by atoms with Crippen molar-refractivity contribution in [2.45, 2.75) is 20.8 Å². The summed E-state index contributed by atoms with van der Waals surface area (Å²) in [6.07, 6.45) is 0. The second kappa shape index (κ2) is 8.65. The SMILES string of the molecule is Cc1ccc(Cl)cc1NC(=O)C(C)(C)C(=O)NCCN1CCOCC1. The van der Waals surface area contributed by atoms with Crippen LogP contribution in [0.25, 0.3) is 0 Å². The van der Waals surface area contributed by atoms with Crippen LogP contribution in [0, 0.1) is 12.3 Å². The summed E-state index contributed by atoms with van der Waals surface area (Å²) < 4.78 is 5.30. The molecule has 0 atom stereocenters. The number of benzene rings is 1. The molecule has 2 amide bonds. The van der Waals surface area contributed by atoms with Gasteiger partial charge in [-0.05, 0) is 38.5 Å². The van der Waals surface area contributed by atoms with Crippen LogP contribution in [0.5, 0.6) is 0 Å². The summed E-state index contributed by atoms with van der Waals surface area (Å²) in [6.45, 7) is 9.55. The van der Waals surface area contributed by atoms with Gasteiger partial charge in [-0.3, -0.25) is 14.5 Å². The van der Waals surface area contributed by atoms with Crippen molar-refractivity contribution in [1.29, 1.82) is 0 Å². The molecule has 0 bridgehead atoms. The smallest absolute Gasteiger partial charge is 0.239 e. The molecular formula is C18H26ClN3O3. The Hall–Kier alpha value is -1.63. The lowest BCUT2D eigenvalue weighted by molar-refractivity contribution is -0.138. The Labute approximate surface area is 153 Å². The third-order valence-corrected chi connectivity index (χ3v) is 4.64. The van der Waals surface area contributed by atoms with E-state index >= 15 is 0 Å². The van der Waals surface area contributed by atoms with Gasteiger partial charge < -0.3 is 15.4 Å². The van der Waals surface area contributed by atoms with Gasteiger partial charge in [-0.2, -0.15) is 0 Å². The lowest BCUT2D eigenvalue weighted by atomic mass is 9.90. The summed E-state index contributed by atoms with van der Waals surface area (Å²) in [6, 6.07) is 5.27. The first kappa shape index (κ1) is 19.7. The predicted molar refractivity (Wildman–Crippen MR) is 98.9 cm³/mol. The van der Waals surface area contributed by atoms with Gasteiger partial charge in [0.25, 0.3) is 0 Å². The number of nitrogens with zero attached hydrogens (tertiary/aromatic N) is 1. The zero-order chi connectivity index (χ0) is 18.4. The molecule has 0 aromatic heterocycles. The molecule has 1 aromatic rings. The molecule has 6 nitrogen and oxygen atoms in total. The zero-order valence-corrected chi connectivity index (χ0v) is 15.8. The van der Waals surface area contributed by atoms with Crippen molar-refractivity contribution in [3.8, 4) is 0 Å². The molecule has 0 aliphatic carbocycles. The maximum absolute atomic E-state index is 12.6. The fourth-order valence-electron chi connectivity index (χ4n) is 2.48. The van der Waals surface area contributed by atoms with Crippen LogP contribution in [0.1, 0.15) is 19.4 Å². The standard InChI is InChI=1S/C18H26ClN3O3/c1-13-4-5-14(19)12-15(13)21-17(24)18(2,3)16(23)20-6-7-22-8-10-25-11-9-22/h4-5,12H,6-11H2,1-3H3,(H,20,23)(H,21,24). The van der Waals surface area contributed by atoms with Crippen LogP contribution in [0.2, 0.25) is 5.02 Å². The Balaban J connectivity index is 1.88. The number of rotatable bonds is 6. The second-order valence-electron chi connectivity index (χ2n) is 6.75. The highest BCUT2D eigenvalue weighted by molar-refractivity contribution is 6.31. The molecule has 1 fully saturated rings. The number of hydrogen-bond acceptors (Lipinski definition) is 4. The number of anilines is 1. The molecule has 0 spiro atoms. The van der Waals surface area contributed by atoms with E-state index in [0.29, 0.717) is 17.3 Å². The molecule has 0 saturated carbocycles. The van der Waals surface area contributed by atoms with Crippen LogP contribution < -0.4 is 10.6 Å². The van der Waals surface area contributed by atoms with E-state index in [0.717, 1.165) is 38.4 Å². The first-order chi connectivity index (χ1) is 11.8. The number of carbonyl (C=O) groups excluding carboxylic acids is 2. The minimum atomic E-state index is -1.18. The largest absolute Gasteiger partial charge is 0.379 e. The van der Waals surface area contributed by atoms with E-state index < -0.39 is 5.41 Å². The van der Waals surface area contributed by atoms with Crippen LogP contribution in [-0.4, -0.2) is 56.1 Å². The van der Waals surface area contributed by atoms with Gasteiger partial charge >= 0.3 is 0 Å². The maximum atomic E-state index is 12.6. The molecule has 0 unspecified atom stereocenters. The van der Waals surface area contributed by atoms with Gasteiger partial charge in [0.15, 0.2) is 0 Å². The number of nitrogens with one attached hydrogen (secondary N) is 2. The molecule has 2 N–H and O–H groups in total. The summed E-state index contributed by atoms with van der Waals surface area (Å²) in [5.74, 6) is -0.653. The van der Waals surface area contributed by atoms with Crippen molar-refractivity contribution < 1.29 is 14.3 Å². The van der Waals surface area contributed by atoms with Crippen molar-refractivity contribution in [1.82, 2.24) is 10.2 Å². The summed E-state index contributed by atoms with van der Waals surface area (Å²) in [5.41, 5.74) is 0.327. The van der Waals surface area contributed by atoms with Crippen molar-refractivity contribution in [2.75, 3.05) is 44.7 Å². The van der Waals surface area contributed by atoms with Gasteiger partial charge in [-0.15, -0.1) is 0 Å². The Bertz CT molecular complexity index is 628. The van der Waals surface area contributed by atoms with Crippen molar-refractivity contribution in [3.05, 3.63) is 28.8 Å². The van der Waals surface area contributed by atoms with E-state index in [-0.39, 0.29) is 11.8 Å². The first-order valence-corrected chi connectivity index (χ1v) is 8.84. The van der Waals surface area contributed by atoms with Gasteiger partial charge in [-0.25, -0.2) is 0 Å². The Kier molecular flexibility index (Phi) is 6.81. The molecular weight excluding hydrogens is 342 g/mol. The van der Waals surface area contributed by atoms with Gasteiger partial charge in [0.2, 0.25) is 11.8 Å². The zero-order valence-electron chi connectivity index (χ0n) is 15.0. The number of halogens is 1. The van der Waals surface area contributed by atoms with E-state index in [1.54, 1.807) is 26.0 Å². The fourth-order valence-corrected chi connectivity index (χ4v) is 2.66. The molecule has 1 aliphatic rings. The van der Waals surface area contributed by atoms with E-state index in [1.807, 2.05) is 13.0 Å². The Morgan fingerprint density at radius 2 is 1.92 bits per heavy atom. The highest BCUT2D eigenvalue weighted by Gasteiger charge is 2.36. The molecule has 25 heavy (non-hydrogen) atoms. The highest BCUT2D eigenvalue weighted by atomic mass is 35.5. The third-order valence-electron chi connectivity index (χ3n) is 4.40. The normalized spacial score (nSPS) is 15.7.